The van der Waals surface area contributed by atoms with Gasteiger partial charge >= 0.3 is 0 Å². The molecule has 0 bridgehead atoms. The van der Waals surface area contributed by atoms with Crippen LogP contribution in [0.5, 0.6) is 0 Å². The standard InChI is InChI=1S/C18H23NO/c1-18(2,20)14-19-17(16-11-7-4-8-12-16)13-15-9-5-3-6-10-15/h3-12,17,19-20H,13-14H2,1-2H3. The maximum atomic E-state index is 9.92. The molecule has 0 heterocycles. The van der Waals surface area contributed by atoms with E-state index < -0.39 is 5.60 Å². The van der Waals surface area contributed by atoms with Gasteiger partial charge in [-0.3, -0.25) is 0 Å². The topological polar surface area (TPSA) is 32.3 Å². The van der Waals surface area contributed by atoms with Crippen LogP contribution in [0, 0.1) is 0 Å². The Bertz CT molecular complexity index is 502. The summed E-state index contributed by atoms with van der Waals surface area (Å²) < 4.78 is 0. The van der Waals surface area contributed by atoms with Gasteiger partial charge in [-0.2, -0.15) is 0 Å². The molecule has 2 N–H and O–H groups in total. The zero-order chi connectivity index (χ0) is 14.4. The fourth-order valence-corrected chi connectivity index (χ4v) is 2.22. The molecule has 2 aromatic carbocycles. The summed E-state index contributed by atoms with van der Waals surface area (Å²) in [6.07, 6.45) is 0.918. The molecule has 0 spiro atoms. The van der Waals surface area contributed by atoms with Gasteiger partial charge in [-0.1, -0.05) is 60.7 Å². The van der Waals surface area contributed by atoms with Crippen molar-refractivity contribution in [2.24, 2.45) is 0 Å². The maximum absolute atomic E-state index is 9.92. The Hall–Kier alpha value is -1.64. The van der Waals surface area contributed by atoms with Gasteiger partial charge in [0.1, 0.15) is 0 Å². The number of nitrogens with one attached hydrogen (secondary N) is 1. The first-order valence-electron chi connectivity index (χ1n) is 7.09. The van der Waals surface area contributed by atoms with Gasteiger partial charge in [0.15, 0.2) is 0 Å². The molecular weight excluding hydrogens is 246 g/mol. The highest BCUT2D eigenvalue weighted by molar-refractivity contribution is 5.23. The molecule has 0 saturated heterocycles. The lowest BCUT2D eigenvalue weighted by molar-refractivity contribution is 0.0763. The van der Waals surface area contributed by atoms with Crippen molar-refractivity contribution in [3.63, 3.8) is 0 Å². The molecule has 0 amide bonds. The summed E-state index contributed by atoms with van der Waals surface area (Å²) >= 11 is 0. The SMILES string of the molecule is CC(C)(O)CNC(Cc1ccccc1)c1ccccc1. The lowest BCUT2D eigenvalue weighted by Crippen LogP contribution is -2.37. The molecule has 0 aliphatic carbocycles. The van der Waals surface area contributed by atoms with Crippen molar-refractivity contribution in [1.29, 1.82) is 0 Å². The third-order valence-corrected chi connectivity index (χ3v) is 3.27. The van der Waals surface area contributed by atoms with Crippen molar-refractivity contribution < 1.29 is 5.11 Å². The molecular formula is C18H23NO. The highest BCUT2D eigenvalue weighted by Gasteiger charge is 2.17. The molecule has 0 saturated carbocycles. The van der Waals surface area contributed by atoms with Crippen LogP contribution in [-0.4, -0.2) is 17.3 Å². The Morgan fingerprint density at radius 2 is 1.50 bits per heavy atom. The molecule has 2 nitrogen and oxygen atoms in total. The van der Waals surface area contributed by atoms with E-state index in [1.807, 2.05) is 26.0 Å². The van der Waals surface area contributed by atoms with E-state index in [0.29, 0.717) is 6.54 Å². The van der Waals surface area contributed by atoms with Crippen molar-refractivity contribution in [3.05, 3.63) is 71.8 Å². The van der Waals surface area contributed by atoms with Gasteiger partial charge in [-0.05, 0) is 31.4 Å². The zero-order valence-electron chi connectivity index (χ0n) is 12.2. The first kappa shape index (κ1) is 14.8. The van der Waals surface area contributed by atoms with Crippen molar-refractivity contribution in [2.75, 3.05) is 6.54 Å². The first-order valence-corrected chi connectivity index (χ1v) is 7.09. The second-order valence-electron chi connectivity index (χ2n) is 5.85. The van der Waals surface area contributed by atoms with E-state index in [1.54, 1.807) is 0 Å². The summed E-state index contributed by atoms with van der Waals surface area (Å²) in [7, 11) is 0. The number of hydrogen-bond donors (Lipinski definition) is 2. The van der Waals surface area contributed by atoms with Crippen LogP contribution in [-0.2, 0) is 6.42 Å². The van der Waals surface area contributed by atoms with Crippen molar-refractivity contribution in [1.82, 2.24) is 5.32 Å². The minimum atomic E-state index is -0.705. The molecule has 1 atom stereocenters. The zero-order valence-corrected chi connectivity index (χ0v) is 12.2. The minimum Gasteiger partial charge on any atom is -0.389 e. The summed E-state index contributed by atoms with van der Waals surface area (Å²) in [5.41, 5.74) is 1.84. The molecule has 0 radical (unpaired) electrons. The number of rotatable bonds is 6. The van der Waals surface area contributed by atoms with E-state index >= 15 is 0 Å². The van der Waals surface area contributed by atoms with Gasteiger partial charge in [0.25, 0.3) is 0 Å². The third-order valence-electron chi connectivity index (χ3n) is 3.27. The van der Waals surface area contributed by atoms with E-state index in [1.165, 1.54) is 11.1 Å². The average molecular weight is 269 g/mol. The lowest BCUT2D eigenvalue weighted by atomic mass is 9.98. The van der Waals surface area contributed by atoms with Gasteiger partial charge in [0.2, 0.25) is 0 Å². The molecule has 2 aromatic rings. The number of aliphatic hydroxyl groups is 1. The van der Waals surface area contributed by atoms with Gasteiger partial charge < -0.3 is 10.4 Å². The highest BCUT2D eigenvalue weighted by atomic mass is 16.3. The summed E-state index contributed by atoms with van der Waals surface area (Å²) in [6.45, 7) is 4.22. The molecule has 20 heavy (non-hydrogen) atoms. The lowest BCUT2D eigenvalue weighted by Gasteiger charge is -2.24. The minimum absolute atomic E-state index is 0.213. The Kier molecular flexibility index (Phi) is 4.94. The van der Waals surface area contributed by atoms with E-state index in [-0.39, 0.29) is 6.04 Å². The Morgan fingerprint density at radius 3 is 2.05 bits per heavy atom. The fraction of sp³-hybridized carbons (Fsp3) is 0.333. The Labute approximate surface area is 121 Å². The quantitative estimate of drug-likeness (QED) is 0.843. The van der Waals surface area contributed by atoms with Crippen LogP contribution in [0.4, 0.5) is 0 Å². The summed E-state index contributed by atoms with van der Waals surface area (Å²) in [5.74, 6) is 0. The third kappa shape index (κ3) is 4.80. The van der Waals surface area contributed by atoms with Crippen LogP contribution in [0.15, 0.2) is 60.7 Å². The molecule has 106 valence electrons. The smallest absolute Gasteiger partial charge is 0.0715 e. The molecule has 2 rings (SSSR count). The van der Waals surface area contributed by atoms with Crippen molar-refractivity contribution >= 4 is 0 Å². The van der Waals surface area contributed by atoms with Gasteiger partial charge in [-0.15, -0.1) is 0 Å². The van der Waals surface area contributed by atoms with Crippen LogP contribution in [0.3, 0.4) is 0 Å². The largest absolute Gasteiger partial charge is 0.389 e. The second-order valence-corrected chi connectivity index (χ2v) is 5.85. The van der Waals surface area contributed by atoms with Crippen molar-refractivity contribution in [2.45, 2.75) is 31.9 Å². The molecule has 1 unspecified atom stereocenters. The van der Waals surface area contributed by atoms with Crippen LogP contribution >= 0.6 is 0 Å². The van der Waals surface area contributed by atoms with Gasteiger partial charge in [0.05, 0.1) is 5.60 Å². The number of hydrogen-bond acceptors (Lipinski definition) is 2. The van der Waals surface area contributed by atoms with Crippen LogP contribution in [0.1, 0.15) is 31.0 Å². The summed E-state index contributed by atoms with van der Waals surface area (Å²) in [6, 6.07) is 21.0. The highest BCUT2D eigenvalue weighted by Crippen LogP contribution is 2.19. The normalized spacial score (nSPS) is 13.2. The maximum Gasteiger partial charge on any atom is 0.0715 e. The van der Waals surface area contributed by atoms with Crippen molar-refractivity contribution in [3.8, 4) is 0 Å². The van der Waals surface area contributed by atoms with Gasteiger partial charge in [0, 0.05) is 12.6 Å². The average Bonchev–Trinajstić information content (AvgIpc) is 2.44. The summed E-state index contributed by atoms with van der Waals surface area (Å²) in [4.78, 5) is 0. The van der Waals surface area contributed by atoms with Crippen LogP contribution in [0.2, 0.25) is 0 Å². The first-order chi connectivity index (χ1) is 9.54. The monoisotopic (exact) mass is 269 g/mol. The predicted octanol–water partition coefficient (Wildman–Crippen LogP) is 3.33. The molecule has 0 aliphatic rings. The second kappa shape index (κ2) is 6.69. The predicted molar refractivity (Wildman–Crippen MR) is 83.6 cm³/mol. The Morgan fingerprint density at radius 1 is 0.950 bits per heavy atom. The summed E-state index contributed by atoms with van der Waals surface area (Å²) in [5, 5.41) is 13.4. The molecule has 0 aromatic heterocycles. The fourth-order valence-electron chi connectivity index (χ4n) is 2.22. The Balaban J connectivity index is 2.12. The molecule has 0 fully saturated rings. The van der Waals surface area contributed by atoms with Crippen LogP contribution < -0.4 is 5.32 Å². The van der Waals surface area contributed by atoms with E-state index in [2.05, 4.69) is 53.8 Å². The molecule has 2 heteroatoms. The van der Waals surface area contributed by atoms with E-state index in [9.17, 15) is 5.11 Å². The number of benzene rings is 2. The molecule has 0 aliphatic heterocycles. The van der Waals surface area contributed by atoms with E-state index in [4.69, 9.17) is 0 Å². The van der Waals surface area contributed by atoms with Gasteiger partial charge in [-0.25, -0.2) is 0 Å². The van der Waals surface area contributed by atoms with E-state index in [0.717, 1.165) is 6.42 Å². The van der Waals surface area contributed by atoms with Crippen LogP contribution in [0.25, 0.3) is 0 Å².